The Morgan fingerprint density at radius 2 is 1.80 bits per heavy atom. The number of imidazole rings is 1. The first-order chi connectivity index (χ1) is 19.8. The van der Waals surface area contributed by atoms with E-state index in [0.717, 1.165) is 43.8 Å². The first-order valence-corrected chi connectivity index (χ1v) is 14.5. The molecular formula is C29H34ClN5O5S. The number of hydrogen-bond donors (Lipinski definition) is 1. The molecule has 1 aliphatic heterocycles. The zero-order valence-electron chi connectivity index (χ0n) is 23.6. The highest BCUT2D eigenvalue weighted by Gasteiger charge is 2.23. The maximum atomic E-state index is 12.4. The fraction of sp³-hybridized carbons (Fsp3) is 0.379. The standard InChI is InChI=1S/C29H34ClN5O5S/c1-18(19-6-5-7-22(27(19)30)39-13-12-34-10-8-33(2)9-11-34)40-25-16-26(41-28(25)29(31)36)35-17-32-20-14-23(37-3)24(38-4)15-21(20)35/h5-7,14-18H,8-13H2,1-4H3,(H2,31,36). The number of benzene rings is 2. The smallest absolute Gasteiger partial charge is 0.262 e. The molecule has 1 aliphatic rings. The maximum Gasteiger partial charge on any atom is 0.262 e. The number of carbonyl (C=O) groups excluding carboxylic acids is 1. The van der Waals surface area contributed by atoms with Crippen LogP contribution in [0, 0.1) is 0 Å². The summed E-state index contributed by atoms with van der Waals surface area (Å²) in [6.07, 6.45) is 1.20. The van der Waals surface area contributed by atoms with E-state index in [1.165, 1.54) is 11.3 Å². The van der Waals surface area contributed by atoms with Crippen LogP contribution in [0.25, 0.3) is 16.0 Å². The predicted molar refractivity (Wildman–Crippen MR) is 160 cm³/mol. The van der Waals surface area contributed by atoms with Crippen LogP contribution in [0.1, 0.15) is 28.3 Å². The van der Waals surface area contributed by atoms with Crippen molar-refractivity contribution in [2.24, 2.45) is 5.73 Å². The fourth-order valence-corrected chi connectivity index (χ4v) is 6.08. The van der Waals surface area contributed by atoms with Gasteiger partial charge in [-0.3, -0.25) is 14.3 Å². The normalized spacial score (nSPS) is 15.1. The number of rotatable bonds is 11. The Balaban J connectivity index is 1.34. The first-order valence-electron chi connectivity index (χ1n) is 13.3. The number of likely N-dealkylation sites (N-methyl/N-ethyl adjacent to an activating group) is 1. The Kier molecular flexibility index (Phi) is 8.88. The highest BCUT2D eigenvalue weighted by atomic mass is 35.5. The monoisotopic (exact) mass is 599 g/mol. The summed E-state index contributed by atoms with van der Waals surface area (Å²) < 4.78 is 25.1. The number of methoxy groups -OCH3 is 2. The van der Waals surface area contributed by atoms with Gasteiger partial charge in [0.25, 0.3) is 5.91 Å². The molecule has 0 bridgehead atoms. The van der Waals surface area contributed by atoms with E-state index in [2.05, 4.69) is 21.8 Å². The molecule has 2 N–H and O–H groups in total. The van der Waals surface area contributed by atoms with Crippen LogP contribution in [-0.4, -0.2) is 85.9 Å². The van der Waals surface area contributed by atoms with Crippen molar-refractivity contribution >= 4 is 39.9 Å². The van der Waals surface area contributed by atoms with Crippen LogP contribution < -0.4 is 24.7 Å². The molecule has 41 heavy (non-hydrogen) atoms. The molecule has 3 heterocycles. The van der Waals surface area contributed by atoms with Gasteiger partial charge in [-0.1, -0.05) is 23.7 Å². The quantitative estimate of drug-likeness (QED) is 0.266. The van der Waals surface area contributed by atoms with Gasteiger partial charge >= 0.3 is 0 Å². The molecule has 1 saturated heterocycles. The molecule has 0 saturated carbocycles. The Morgan fingerprint density at radius 3 is 2.51 bits per heavy atom. The number of nitrogens with zero attached hydrogens (tertiary/aromatic N) is 4. The molecule has 4 aromatic rings. The average Bonchev–Trinajstić information content (AvgIpc) is 3.57. The van der Waals surface area contributed by atoms with Gasteiger partial charge in [-0.2, -0.15) is 0 Å². The van der Waals surface area contributed by atoms with Crippen molar-refractivity contribution in [3.8, 4) is 28.0 Å². The number of halogens is 1. The minimum absolute atomic E-state index is 0.296. The Morgan fingerprint density at radius 1 is 1.07 bits per heavy atom. The van der Waals surface area contributed by atoms with Gasteiger partial charge in [0.15, 0.2) is 11.5 Å². The molecule has 0 spiro atoms. The average molecular weight is 600 g/mol. The number of primary amides is 1. The van der Waals surface area contributed by atoms with Crippen molar-refractivity contribution in [1.82, 2.24) is 19.4 Å². The van der Waals surface area contributed by atoms with Crippen molar-refractivity contribution in [3.05, 3.63) is 58.2 Å². The third kappa shape index (κ3) is 6.23. The zero-order chi connectivity index (χ0) is 29.1. The molecule has 0 aliphatic carbocycles. The molecule has 1 unspecified atom stereocenters. The zero-order valence-corrected chi connectivity index (χ0v) is 25.1. The third-order valence-corrected chi connectivity index (χ3v) is 8.73. The third-order valence-electron chi connectivity index (χ3n) is 7.19. The minimum Gasteiger partial charge on any atom is -0.493 e. The van der Waals surface area contributed by atoms with Crippen molar-refractivity contribution in [2.75, 3.05) is 60.6 Å². The summed E-state index contributed by atoms with van der Waals surface area (Å²) in [5, 5.41) is 1.19. The largest absolute Gasteiger partial charge is 0.493 e. The summed E-state index contributed by atoms with van der Waals surface area (Å²) in [5.74, 6) is 1.53. The second-order valence-electron chi connectivity index (χ2n) is 9.87. The first kappa shape index (κ1) is 29.0. The summed E-state index contributed by atoms with van der Waals surface area (Å²) in [7, 11) is 5.29. The molecule has 5 rings (SSSR count). The summed E-state index contributed by atoms with van der Waals surface area (Å²) in [5.41, 5.74) is 7.99. The van der Waals surface area contributed by atoms with Gasteiger partial charge in [0, 0.05) is 56.5 Å². The van der Waals surface area contributed by atoms with Crippen LogP contribution in [0.15, 0.2) is 42.7 Å². The number of piperazine rings is 1. The van der Waals surface area contributed by atoms with E-state index in [4.69, 9.17) is 36.3 Å². The Labute approximate surface area is 248 Å². The lowest BCUT2D eigenvalue weighted by molar-refractivity contribution is 0.0998. The van der Waals surface area contributed by atoms with Crippen LogP contribution >= 0.6 is 22.9 Å². The second kappa shape index (κ2) is 12.6. The molecule has 12 heteroatoms. The number of nitrogens with two attached hydrogens (primary N) is 1. The number of ether oxygens (including phenoxy) is 4. The van der Waals surface area contributed by atoms with Crippen LogP contribution in [0.3, 0.4) is 0 Å². The number of amides is 1. The van der Waals surface area contributed by atoms with E-state index >= 15 is 0 Å². The number of thiophene rings is 1. The lowest BCUT2D eigenvalue weighted by Gasteiger charge is -2.32. The lowest BCUT2D eigenvalue weighted by atomic mass is 10.1. The van der Waals surface area contributed by atoms with Crippen molar-refractivity contribution in [2.45, 2.75) is 13.0 Å². The SMILES string of the molecule is COc1cc2ncn(-c3cc(OC(C)c4cccc(OCCN5CCN(C)CC5)c4Cl)c(C(N)=O)s3)c2cc1OC. The summed E-state index contributed by atoms with van der Waals surface area (Å²) in [6, 6.07) is 11.1. The predicted octanol–water partition coefficient (Wildman–Crippen LogP) is 4.62. The maximum absolute atomic E-state index is 12.4. The lowest BCUT2D eigenvalue weighted by Crippen LogP contribution is -2.45. The van der Waals surface area contributed by atoms with Gasteiger partial charge in [0.2, 0.25) is 0 Å². The van der Waals surface area contributed by atoms with Crippen molar-refractivity contribution in [3.63, 3.8) is 0 Å². The molecule has 2 aromatic heterocycles. The summed E-state index contributed by atoms with van der Waals surface area (Å²) in [6.45, 7) is 7.42. The van der Waals surface area contributed by atoms with Crippen molar-refractivity contribution in [1.29, 1.82) is 0 Å². The van der Waals surface area contributed by atoms with E-state index in [0.29, 0.717) is 50.0 Å². The van der Waals surface area contributed by atoms with Crippen LogP contribution in [-0.2, 0) is 0 Å². The molecule has 0 radical (unpaired) electrons. The van der Waals surface area contributed by atoms with E-state index < -0.39 is 12.0 Å². The number of fused-ring (bicyclic) bond motifs is 1. The Hall–Kier alpha value is -3.51. The number of carbonyl (C=O) groups is 1. The number of hydrogen-bond acceptors (Lipinski definition) is 9. The van der Waals surface area contributed by atoms with Gasteiger partial charge in [0.1, 0.15) is 40.4 Å². The Bertz CT molecular complexity index is 1530. The molecule has 1 fully saturated rings. The highest BCUT2D eigenvalue weighted by Crippen LogP contribution is 2.40. The van der Waals surface area contributed by atoms with Crippen LogP contribution in [0.4, 0.5) is 0 Å². The molecular weight excluding hydrogens is 566 g/mol. The van der Waals surface area contributed by atoms with Crippen LogP contribution in [0.5, 0.6) is 23.0 Å². The van der Waals surface area contributed by atoms with Gasteiger partial charge in [-0.15, -0.1) is 11.3 Å². The van der Waals surface area contributed by atoms with Gasteiger partial charge in [0.05, 0.1) is 30.3 Å². The molecule has 218 valence electrons. The molecule has 10 nitrogen and oxygen atoms in total. The van der Waals surface area contributed by atoms with E-state index in [1.54, 1.807) is 32.7 Å². The van der Waals surface area contributed by atoms with E-state index in [9.17, 15) is 4.79 Å². The molecule has 2 aromatic carbocycles. The van der Waals surface area contributed by atoms with Crippen LogP contribution in [0.2, 0.25) is 5.02 Å². The minimum atomic E-state index is -0.584. The van der Waals surface area contributed by atoms with E-state index in [-0.39, 0.29) is 0 Å². The van der Waals surface area contributed by atoms with E-state index in [1.807, 2.05) is 35.8 Å². The molecule has 1 amide bonds. The summed E-state index contributed by atoms with van der Waals surface area (Å²) >= 11 is 7.99. The van der Waals surface area contributed by atoms with Gasteiger partial charge in [-0.05, 0) is 20.0 Å². The fourth-order valence-electron chi connectivity index (χ4n) is 4.81. The highest BCUT2D eigenvalue weighted by molar-refractivity contribution is 7.16. The second-order valence-corrected chi connectivity index (χ2v) is 11.3. The van der Waals surface area contributed by atoms with Gasteiger partial charge < -0.3 is 29.6 Å². The van der Waals surface area contributed by atoms with Gasteiger partial charge in [-0.25, -0.2) is 4.98 Å². The molecule has 1 atom stereocenters. The summed E-state index contributed by atoms with van der Waals surface area (Å²) in [4.78, 5) is 21.9. The number of aromatic nitrogens is 2. The van der Waals surface area contributed by atoms with Crippen molar-refractivity contribution < 1.29 is 23.7 Å². The topological polar surface area (TPSA) is 104 Å².